The molecule has 3 aromatic rings. The fourth-order valence-corrected chi connectivity index (χ4v) is 2.76. The van der Waals surface area contributed by atoms with Crippen molar-refractivity contribution < 1.29 is 13.6 Å². The molecule has 0 saturated carbocycles. The van der Waals surface area contributed by atoms with Crippen molar-refractivity contribution in [3.05, 3.63) is 94.8 Å². The first-order valence-corrected chi connectivity index (χ1v) is 8.97. The Morgan fingerprint density at radius 2 is 1.76 bits per heavy atom. The molecule has 0 bridgehead atoms. The number of benzene rings is 2. The van der Waals surface area contributed by atoms with Crippen LogP contribution in [0.15, 0.2) is 65.8 Å². The van der Waals surface area contributed by atoms with Gasteiger partial charge >= 0.3 is 0 Å². The number of rotatable bonds is 4. The van der Waals surface area contributed by atoms with Crippen LogP contribution in [0.5, 0.6) is 0 Å². The Kier molecular flexibility index (Phi) is 6.29. The molecule has 29 heavy (non-hydrogen) atoms. The molecule has 1 amide bonds. The second-order valence-electron chi connectivity index (χ2n) is 6.57. The molecule has 0 atom stereocenters. The van der Waals surface area contributed by atoms with Gasteiger partial charge in [-0.2, -0.15) is 0 Å². The number of pyridine rings is 1. The van der Waals surface area contributed by atoms with Crippen LogP contribution in [0.25, 0.3) is 0 Å². The highest BCUT2D eigenvalue weighted by molar-refractivity contribution is 6.10. The lowest BCUT2D eigenvalue weighted by atomic mass is 10.1. The van der Waals surface area contributed by atoms with Gasteiger partial charge in [0.15, 0.2) is 11.6 Å². The molecule has 0 aliphatic rings. The van der Waals surface area contributed by atoms with Gasteiger partial charge in [-0.1, -0.05) is 12.1 Å². The maximum atomic E-state index is 13.5. The van der Waals surface area contributed by atoms with Gasteiger partial charge in [-0.3, -0.25) is 15.1 Å². The second kappa shape index (κ2) is 9.05. The highest BCUT2D eigenvalue weighted by Gasteiger charge is 2.12. The van der Waals surface area contributed by atoms with Crippen molar-refractivity contribution in [1.82, 2.24) is 10.3 Å². The van der Waals surface area contributed by atoms with Crippen LogP contribution in [0.3, 0.4) is 0 Å². The minimum Gasteiger partial charge on any atom is -0.326 e. The van der Waals surface area contributed by atoms with Crippen LogP contribution in [0.1, 0.15) is 27.2 Å². The van der Waals surface area contributed by atoms with Crippen molar-refractivity contribution in [1.29, 1.82) is 0 Å². The molecule has 0 aliphatic carbocycles. The van der Waals surface area contributed by atoms with Crippen molar-refractivity contribution in [3.63, 3.8) is 0 Å². The molecular weight excluding hydrogens is 374 g/mol. The lowest BCUT2D eigenvalue weighted by Crippen LogP contribution is -2.36. The van der Waals surface area contributed by atoms with E-state index in [4.69, 9.17) is 0 Å². The molecule has 0 radical (unpaired) electrons. The van der Waals surface area contributed by atoms with Gasteiger partial charge in [-0.05, 0) is 67.4 Å². The summed E-state index contributed by atoms with van der Waals surface area (Å²) in [6.45, 7) is 4.15. The molecule has 0 aliphatic heterocycles. The Morgan fingerprint density at radius 3 is 2.41 bits per heavy atom. The number of aliphatic imine (C=N–C) groups is 1. The molecule has 2 N–H and O–H groups in total. The van der Waals surface area contributed by atoms with Crippen LogP contribution in [0.4, 0.5) is 14.5 Å². The zero-order valence-electron chi connectivity index (χ0n) is 16.0. The van der Waals surface area contributed by atoms with Crippen molar-refractivity contribution in [2.75, 3.05) is 5.32 Å². The van der Waals surface area contributed by atoms with Gasteiger partial charge in [0.25, 0.3) is 5.91 Å². The maximum Gasteiger partial charge on any atom is 0.258 e. The summed E-state index contributed by atoms with van der Waals surface area (Å²) in [6, 6.07) is 14.3. The summed E-state index contributed by atoms with van der Waals surface area (Å²) in [4.78, 5) is 21.1. The lowest BCUT2D eigenvalue weighted by molar-refractivity contribution is 0.0976. The van der Waals surface area contributed by atoms with E-state index in [2.05, 4.69) is 20.6 Å². The van der Waals surface area contributed by atoms with Gasteiger partial charge in [-0.15, -0.1) is 0 Å². The summed E-state index contributed by atoms with van der Waals surface area (Å²) >= 11 is 0. The predicted molar refractivity (Wildman–Crippen MR) is 109 cm³/mol. The third-order valence-electron chi connectivity index (χ3n) is 4.02. The Bertz CT molecular complexity index is 1030. The Balaban J connectivity index is 1.84. The van der Waals surface area contributed by atoms with Gasteiger partial charge in [0.05, 0.1) is 12.2 Å². The third kappa shape index (κ3) is 5.68. The highest BCUT2D eigenvalue weighted by atomic mass is 19.2. The molecule has 0 unspecified atom stereocenters. The van der Waals surface area contributed by atoms with Crippen LogP contribution < -0.4 is 10.6 Å². The second-order valence-corrected chi connectivity index (χ2v) is 6.57. The molecule has 5 nitrogen and oxygen atoms in total. The number of halogens is 2. The van der Waals surface area contributed by atoms with E-state index < -0.39 is 17.5 Å². The first-order chi connectivity index (χ1) is 13.9. The normalized spacial score (nSPS) is 11.2. The van der Waals surface area contributed by atoms with E-state index in [1.165, 1.54) is 6.07 Å². The van der Waals surface area contributed by atoms with E-state index in [1.54, 1.807) is 12.3 Å². The zero-order chi connectivity index (χ0) is 20.8. The van der Waals surface area contributed by atoms with Gasteiger partial charge < -0.3 is 5.32 Å². The van der Waals surface area contributed by atoms with Crippen LogP contribution in [0, 0.1) is 25.5 Å². The number of aromatic nitrogens is 1. The van der Waals surface area contributed by atoms with E-state index in [0.29, 0.717) is 5.69 Å². The van der Waals surface area contributed by atoms with E-state index in [-0.39, 0.29) is 18.1 Å². The van der Waals surface area contributed by atoms with Crippen molar-refractivity contribution in [2.24, 2.45) is 4.99 Å². The van der Waals surface area contributed by atoms with Crippen LogP contribution in [-0.2, 0) is 6.54 Å². The van der Waals surface area contributed by atoms with E-state index in [1.807, 2.05) is 44.2 Å². The lowest BCUT2D eigenvalue weighted by Gasteiger charge is -2.13. The Labute approximate surface area is 167 Å². The standard InChI is InChI=1S/C22H20F2N4O/c1-14-9-15(2)11-18(10-14)27-22(26-13-17-5-3-4-8-25-17)28-21(29)16-6-7-19(23)20(24)12-16/h3-12H,13H2,1-2H3,(H2,26,27,28,29). The molecule has 0 saturated heterocycles. The molecule has 1 aromatic heterocycles. The largest absolute Gasteiger partial charge is 0.326 e. The number of anilines is 1. The summed E-state index contributed by atoms with van der Waals surface area (Å²) in [6.07, 6.45) is 1.65. The number of hydrogen-bond acceptors (Lipinski definition) is 3. The van der Waals surface area contributed by atoms with Crippen LogP contribution in [-0.4, -0.2) is 16.9 Å². The summed E-state index contributed by atoms with van der Waals surface area (Å²) in [5.41, 5.74) is 3.53. The molecule has 0 fully saturated rings. The zero-order valence-corrected chi connectivity index (χ0v) is 16.0. The summed E-state index contributed by atoms with van der Waals surface area (Å²) in [5, 5.41) is 5.70. The quantitative estimate of drug-likeness (QED) is 0.510. The van der Waals surface area contributed by atoms with Crippen molar-refractivity contribution >= 4 is 17.6 Å². The minimum atomic E-state index is -1.09. The van der Waals surface area contributed by atoms with Crippen LogP contribution >= 0.6 is 0 Å². The number of nitrogens with zero attached hydrogens (tertiary/aromatic N) is 2. The fraction of sp³-hybridized carbons (Fsp3) is 0.136. The number of carbonyl (C=O) groups is 1. The maximum absolute atomic E-state index is 13.5. The Morgan fingerprint density at radius 1 is 1.00 bits per heavy atom. The smallest absolute Gasteiger partial charge is 0.258 e. The van der Waals surface area contributed by atoms with Crippen molar-refractivity contribution in [3.8, 4) is 0 Å². The molecule has 7 heteroatoms. The number of guanidine groups is 1. The van der Waals surface area contributed by atoms with Gasteiger partial charge in [0.2, 0.25) is 5.96 Å². The average molecular weight is 394 g/mol. The Hall–Kier alpha value is -3.61. The highest BCUT2D eigenvalue weighted by Crippen LogP contribution is 2.14. The van der Waals surface area contributed by atoms with Crippen LogP contribution in [0.2, 0.25) is 0 Å². The molecule has 0 spiro atoms. The third-order valence-corrected chi connectivity index (χ3v) is 4.02. The molecule has 1 heterocycles. The minimum absolute atomic E-state index is 0.0170. The monoisotopic (exact) mass is 394 g/mol. The van der Waals surface area contributed by atoms with Gasteiger partial charge in [0, 0.05) is 17.4 Å². The first kappa shape index (κ1) is 20.1. The summed E-state index contributed by atoms with van der Waals surface area (Å²) in [5.74, 6) is -2.54. The number of carbonyl (C=O) groups excluding carboxylic acids is 1. The van der Waals surface area contributed by atoms with Gasteiger partial charge in [-0.25, -0.2) is 13.8 Å². The number of nitrogens with one attached hydrogen (secondary N) is 2. The topological polar surface area (TPSA) is 66.4 Å². The van der Waals surface area contributed by atoms with Crippen molar-refractivity contribution in [2.45, 2.75) is 20.4 Å². The summed E-state index contributed by atoms with van der Waals surface area (Å²) in [7, 11) is 0. The van der Waals surface area contributed by atoms with E-state index in [9.17, 15) is 13.6 Å². The average Bonchev–Trinajstić information content (AvgIpc) is 2.68. The SMILES string of the molecule is Cc1cc(C)cc(NC(=NCc2ccccn2)NC(=O)c2ccc(F)c(F)c2)c1. The number of aryl methyl sites for hydroxylation is 2. The van der Waals surface area contributed by atoms with Gasteiger partial charge in [0.1, 0.15) is 0 Å². The summed E-state index contributed by atoms with van der Waals surface area (Å²) < 4.78 is 26.6. The fourth-order valence-electron chi connectivity index (χ4n) is 2.76. The molecule has 2 aromatic carbocycles. The number of amides is 1. The number of hydrogen-bond donors (Lipinski definition) is 2. The van der Waals surface area contributed by atoms with E-state index >= 15 is 0 Å². The first-order valence-electron chi connectivity index (χ1n) is 8.97. The molecule has 148 valence electrons. The van der Waals surface area contributed by atoms with E-state index in [0.717, 1.165) is 28.9 Å². The molecular formula is C22H20F2N4O. The molecule has 3 rings (SSSR count). The predicted octanol–water partition coefficient (Wildman–Crippen LogP) is 4.37.